The van der Waals surface area contributed by atoms with Crippen molar-refractivity contribution in [1.82, 2.24) is 0 Å². The third-order valence-electron chi connectivity index (χ3n) is 8.93. The van der Waals surface area contributed by atoms with Crippen LogP contribution in [0.5, 0.6) is 5.75 Å². The number of unbranched alkanes of at least 4 members (excludes halogenated alkanes) is 1. The summed E-state index contributed by atoms with van der Waals surface area (Å²) in [5, 5.41) is 1.32. The summed E-state index contributed by atoms with van der Waals surface area (Å²) in [7, 11) is 2.27. The van der Waals surface area contributed by atoms with Crippen molar-refractivity contribution in [2.45, 2.75) is 104 Å². The number of nitrogens with zero attached hydrogens (tertiary/aromatic N) is 1. The molecule has 0 aliphatic rings. The topological polar surface area (TPSA) is 21.7 Å². The third kappa shape index (κ3) is 8.61. The van der Waals surface area contributed by atoms with Crippen LogP contribution in [0, 0.1) is 6.92 Å². The van der Waals surface area contributed by atoms with E-state index in [2.05, 4.69) is 158 Å². The van der Waals surface area contributed by atoms with Gasteiger partial charge in [0.25, 0.3) is 0 Å². The van der Waals surface area contributed by atoms with Crippen LogP contribution in [0.1, 0.15) is 102 Å². The van der Waals surface area contributed by atoms with Crippen LogP contribution < -0.4 is 14.9 Å². The van der Waals surface area contributed by atoms with Crippen LogP contribution in [-0.2, 0) is 27.3 Å². The Kier molecular flexibility index (Phi) is 11.8. The van der Waals surface area contributed by atoms with Gasteiger partial charge in [-0.1, -0.05) is 144 Å². The van der Waals surface area contributed by atoms with Gasteiger partial charge >= 0.3 is 0 Å². The van der Waals surface area contributed by atoms with Crippen molar-refractivity contribution in [1.29, 1.82) is 0 Å². The summed E-state index contributed by atoms with van der Waals surface area (Å²) in [4.78, 5) is 2.44. The molecule has 0 aliphatic carbocycles. The van der Waals surface area contributed by atoms with E-state index in [1.165, 1.54) is 44.5 Å². The van der Waals surface area contributed by atoms with E-state index < -0.39 is 0 Å². The Hall–Kier alpha value is -3.13. The fourth-order valence-electron chi connectivity index (χ4n) is 6.13. The van der Waals surface area contributed by atoms with E-state index in [0.29, 0.717) is 8.58 Å². The Bertz CT molecular complexity index is 1510. The Morgan fingerprint density at radius 1 is 0.717 bits per heavy atom. The number of hydrogen-bond donors (Lipinski definition) is 0. The second kappa shape index (κ2) is 15.2. The minimum atomic E-state index is -0.133. The lowest BCUT2D eigenvalue weighted by Crippen LogP contribution is -2.28. The molecule has 4 aromatic carbocycles. The van der Waals surface area contributed by atoms with Crippen LogP contribution in [0.25, 0.3) is 0 Å². The standard InChI is InChI=1S/C42H56NO2P/c1-11-12-26-42(9,37-28-33(40(3,4)5)27-36(41(6,7)8)38(37)45-30-44-10)46-39-31(2)20-19-21-32(39)29-43(34-22-15-13-16-23-34)35-24-17-14-18-25-35/h13-25,27-28,46H,11-12,26,29-30H2,1-10H3. The van der Waals surface area contributed by atoms with Crippen molar-refractivity contribution in [3.63, 3.8) is 0 Å². The molecule has 0 bridgehead atoms. The Balaban J connectivity index is 1.92. The third-order valence-corrected chi connectivity index (χ3v) is 11.0. The fourth-order valence-corrected chi connectivity index (χ4v) is 7.91. The van der Waals surface area contributed by atoms with Crippen LogP contribution in [0.15, 0.2) is 91.0 Å². The van der Waals surface area contributed by atoms with E-state index in [-0.39, 0.29) is 22.8 Å². The molecule has 0 spiro atoms. The van der Waals surface area contributed by atoms with Gasteiger partial charge in [0.05, 0.1) is 0 Å². The average molecular weight is 638 g/mol. The number of rotatable bonds is 13. The van der Waals surface area contributed by atoms with Crippen LogP contribution >= 0.6 is 8.58 Å². The van der Waals surface area contributed by atoms with Gasteiger partial charge in [-0.3, -0.25) is 0 Å². The smallest absolute Gasteiger partial charge is 0.188 e. The van der Waals surface area contributed by atoms with Crippen LogP contribution in [-0.4, -0.2) is 13.9 Å². The molecule has 2 unspecified atom stereocenters. The number of para-hydroxylation sites is 2. The van der Waals surface area contributed by atoms with Gasteiger partial charge in [0.1, 0.15) is 5.75 Å². The normalized spacial score (nSPS) is 13.6. The minimum Gasteiger partial charge on any atom is -0.467 e. The highest BCUT2D eigenvalue weighted by Crippen LogP contribution is 2.52. The fraction of sp³-hybridized carbons (Fsp3) is 0.429. The molecule has 0 saturated carbocycles. The Morgan fingerprint density at radius 3 is 1.83 bits per heavy atom. The minimum absolute atomic E-state index is 0.00298. The SMILES string of the molecule is CCCCC(C)(Pc1c(C)cccc1CN(c1ccccc1)c1ccccc1)c1cc(C(C)(C)C)cc(C(C)(C)C)c1OCOC. The highest BCUT2D eigenvalue weighted by Gasteiger charge is 2.36. The number of benzene rings is 4. The highest BCUT2D eigenvalue weighted by molar-refractivity contribution is 7.48. The molecule has 4 aromatic rings. The molecule has 0 fully saturated rings. The predicted molar refractivity (Wildman–Crippen MR) is 201 cm³/mol. The monoisotopic (exact) mass is 637 g/mol. The molecule has 0 amide bonds. The quantitative estimate of drug-likeness (QED) is 0.108. The molecule has 46 heavy (non-hydrogen) atoms. The molecule has 0 saturated heterocycles. The first kappa shape index (κ1) is 35.7. The molecular weight excluding hydrogens is 581 g/mol. The molecule has 2 atom stereocenters. The summed E-state index contributed by atoms with van der Waals surface area (Å²) in [5.41, 5.74) is 8.94. The number of hydrogen-bond acceptors (Lipinski definition) is 3. The Labute approximate surface area is 281 Å². The highest BCUT2D eigenvalue weighted by atomic mass is 31.1. The van der Waals surface area contributed by atoms with E-state index in [1.807, 2.05) is 0 Å². The summed E-state index contributed by atoms with van der Waals surface area (Å²) in [5.74, 6) is 0.999. The second-order valence-corrected chi connectivity index (χ2v) is 16.7. The molecule has 0 aromatic heterocycles. The number of anilines is 2. The lowest BCUT2D eigenvalue weighted by molar-refractivity contribution is 0.0486. The number of aryl methyl sites for hydroxylation is 1. The maximum absolute atomic E-state index is 6.59. The largest absolute Gasteiger partial charge is 0.467 e. The van der Waals surface area contributed by atoms with Gasteiger partial charge in [-0.25, -0.2) is 0 Å². The Morgan fingerprint density at radius 2 is 1.30 bits per heavy atom. The lowest BCUT2D eigenvalue weighted by atomic mass is 9.76. The predicted octanol–water partition coefficient (Wildman–Crippen LogP) is 11.3. The zero-order valence-electron chi connectivity index (χ0n) is 30.0. The van der Waals surface area contributed by atoms with Crippen molar-refractivity contribution in [3.05, 3.63) is 119 Å². The zero-order valence-corrected chi connectivity index (χ0v) is 31.0. The van der Waals surface area contributed by atoms with E-state index in [9.17, 15) is 0 Å². The molecule has 4 rings (SSSR count). The summed E-state index contributed by atoms with van der Waals surface area (Å²) >= 11 is 0. The molecule has 246 valence electrons. The van der Waals surface area contributed by atoms with Gasteiger partial charge in [-0.05, 0) is 70.4 Å². The zero-order chi connectivity index (χ0) is 33.5. The van der Waals surface area contributed by atoms with Gasteiger partial charge in [0, 0.05) is 41.3 Å². The summed E-state index contributed by atoms with van der Waals surface area (Å²) in [6.45, 7) is 22.0. The molecule has 3 nitrogen and oxygen atoms in total. The maximum atomic E-state index is 6.59. The van der Waals surface area contributed by atoms with Gasteiger partial charge < -0.3 is 14.4 Å². The van der Waals surface area contributed by atoms with E-state index >= 15 is 0 Å². The molecule has 0 aliphatic heterocycles. The van der Waals surface area contributed by atoms with E-state index in [4.69, 9.17) is 9.47 Å². The van der Waals surface area contributed by atoms with E-state index in [1.54, 1.807) is 7.11 Å². The molecule has 0 N–H and O–H groups in total. The van der Waals surface area contributed by atoms with Crippen molar-refractivity contribution in [2.75, 3.05) is 18.8 Å². The van der Waals surface area contributed by atoms with Crippen LogP contribution in [0.3, 0.4) is 0 Å². The van der Waals surface area contributed by atoms with Crippen molar-refractivity contribution < 1.29 is 9.47 Å². The molecular formula is C42H56NO2P. The summed E-state index contributed by atoms with van der Waals surface area (Å²) < 4.78 is 12.1. The van der Waals surface area contributed by atoms with Crippen LogP contribution in [0.2, 0.25) is 0 Å². The maximum Gasteiger partial charge on any atom is 0.188 e. The first-order valence-corrected chi connectivity index (χ1v) is 17.8. The number of methoxy groups -OCH3 is 1. The van der Waals surface area contributed by atoms with Crippen molar-refractivity contribution in [2.24, 2.45) is 0 Å². The van der Waals surface area contributed by atoms with Crippen LogP contribution in [0.4, 0.5) is 11.4 Å². The first-order chi connectivity index (χ1) is 21.8. The van der Waals surface area contributed by atoms with Gasteiger partial charge in [-0.2, -0.15) is 0 Å². The molecule has 0 heterocycles. The van der Waals surface area contributed by atoms with Gasteiger partial charge in [0.15, 0.2) is 6.79 Å². The van der Waals surface area contributed by atoms with Gasteiger partial charge in [-0.15, -0.1) is 0 Å². The van der Waals surface area contributed by atoms with Crippen molar-refractivity contribution in [3.8, 4) is 5.75 Å². The van der Waals surface area contributed by atoms with E-state index in [0.717, 1.165) is 31.6 Å². The second-order valence-electron chi connectivity index (χ2n) is 14.9. The summed E-state index contributed by atoms with van der Waals surface area (Å²) in [6, 6.07) is 33.2. The molecule has 0 radical (unpaired) electrons. The van der Waals surface area contributed by atoms with Crippen molar-refractivity contribution >= 4 is 25.3 Å². The summed E-state index contributed by atoms with van der Waals surface area (Å²) in [6.07, 6.45) is 3.38. The molecule has 4 heteroatoms. The van der Waals surface area contributed by atoms with Gasteiger partial charge in [0.2, 0.25) is 0 Å². The number of ether oxygens (including phenoxy) is 2. The first-order valence-electron chi connectivity index (χ1n) is 16.8. The lowest BCUT2D eigenvalue weighted by Gasteiger charge is -2.38. The average Bonchev–Trinajstić information content (AvgIpc) is 3.02.